The van der Waals surface area contributed by atoms with Gasteiger partial charge in [0.2, 0.25) is 0 Å². The molecule has 0 saturated carbocycles. The molecule has 0 unspecified atom stereocenters. The van der Waals surface area contributed by atoms with Crippen molar-refractivity contribution in [2.24, 2.45) is 0 Å². The number of fused-ring (bicyclic) bond motifs is 1. The van der Waals surface area contributed by atoms with Gasteiger partial charge in [-0.3, -0.25) is 0 Å². The van der Waals surface area contributed by atoms with Crippen LogP contribution in [0.15, 0.2) is 22.7 Å². The number of thioether (sulfide) groups is 1. The Kier molecular flexibility index (Phi) is 4.48. The molecule has 0 aliphatic carbocycles. The van der Waals surface area contributed by atoms with E-state index in [1.54, 1.807) is 0 Å². The summed E-state index contributed by atoms with van der Waals surface area (Å²) >= 11 is 5.28. The molecule has 92 valence electrons. The second kappa shape index (κ2) is 5.89. The lowest BCUT2D eigenvalue weighted by Gasteiger charge is -2.06. The van der Waals surface area contributed by atoms with Gasteiger partial charge in [0.25, 0.3) is 0 Å². The summed E-state index contributed by atoms with van der Waals surface area (Å²) in [5.74, 6) is 1.88. The van der Waals surface area contributed by atoms with Gasteiger partial charge in [0.05, 0.1) is 11.0 Å². The number of aromatic nitrogens is 2. The molecule has 0 saturated heterocycles. The maximum absolute atomic E-state index is 9.35. The molecule has 0 bridgehead atoms. The number of benzene rings is 1. The van der Waals surface area contributed by atoms with Crippen molar-refractivity contribution in [2.45, 2.75) is 19.6 Å². The largest absolute Gasteiger partial charge is 0.388 e. The minimum atomic E-state index is -0.00837. The maximum Gasteiger partial charge on any atom is 0.135 e. The van der Waals surface area contributed by atoms with E-state index in [0.717, 1.165) is 40.0 Å². The molecule has 0 radical (unpaired) electrons. The molecule has 0 amide bonds. The van der Waals surface area contributed by atoms with E-state index >= 15 is 0 Å². The second-order valence-corrected chi connectivity index (χ2v) is 5.72. The first-order valence-electron chi connectivity index (χ1n) is 5.50. The normalized spacial score (nSPS) is 11.2. The molecule has 0 spiro atoms. The van der Waals surface area contributed by atoms with Gasteiger partial charge in [-0.1, -0.05) is 15.9 Å². The lowest BCUT2D eigenvalue weighted by Crippen LogP contribution is -2.04. The number of aliphatic hydroxyl groups excluding tert-OH is 1. The summed E-state index contributed by atoms with van der Waals surface area (Å²) in [7, 11) is 0. The third-order valence-corrected chi connectivity index (χ3v) is 3.85. The fourth-order valence-electron chi connectivity index (χ4n) is 1.89. The van der Waals surface area contributed by atoms with Crippen LogP contribution < -0.4 is 0 Å². The maximum atomic E-state index is 9.35. The van der Waals surface area contributed by atoms with E-state index in [9.17, 15) is 5.11 Å². The number of hydrogen-bond donors (Lipinski definition) is 1. The van der Waals surface area contributed by atoms with E-state index in [1.165, 1.54) is 0 Å². The van der Waals surface area contributed by atoms with Gasteiger partial charge in [-0.25, -0.2) is 4.98 Å². The molecule has 2 rings (SSSR count). The zero-order valence-electron chi connectivity index (χ0n) is 9.69. The van der Waals surface area contributed by atoms with Crippen molar-refractivity contribution in [1.82, 2.24) is 9.55 Å². The first-order chi connectivity index (χ1) is 8.26. The first-order valence-corrected chi connectivity index (χ1v) is 7.69. The Balaban J connectivity index is 2.36. The van der Waals surface area contributed by atoms with Gasteiger partial charge < -0.3 is 9.67 Å². The summed E-state index contributed by atoms with van der Waals surface area (Å²) in [4.78, 5) is 4.45. The topological polar surface area (TPSA) is 38.0 Å². The van der Waals surface area contributed by atoms with Crippen LogP contribution in [-0.4, -0.2) is 26.7 Å². The van der Waals surface area contributed by atoms with Crippen molar-refractivity contribution in [3.63, 3.8) is 0 Å². The Morgan fingerprint density at radius 1 is 1.47 bits per heavy atom. The van der Waals surface area contributed by atoms with Crippen molar-refractivity contribution in [2.75, 3.05) is 12.0 Å². The molecule has 1 N–H and O–H groups in total. The molecule has 0 aliphatic heterocycles. The highest BCUT2D eigenvalue weighted by Gasteiger charge is 2.09. The van der Waals surface area contributed by atoms with Crippen LogP contribution in [0.2, 0.25) is 0 Å². The van der Waals surface area contributed by atoms with Crippen LogP contribution in [-0.2, 0) is 13.2 Å². The van der Waals surface area contributed by atoms with Crippen molar-refractivity contribution in [3.05, 3.63) is 28.5 Å². The van der Waals surface area contributed by atoms with E-state index in [-0.39, 0.29) is 6.61 Å². The summed E-state index contributed by atoms with van der Waals surface area (Å²) in [5, 5.41) is 9.35. The summed E-state index contributed by atoms with van der Waals surface area (Å²) in [6, 6.07) is 6.04. The number of aliphatic hydroxyl groups is 1. The highest BCUT2D eigenvalue weighted by molar-refractivity contribution is 9.10. The molecular formula is C12H15BrN2OS. The molecule has 1 heterocycles. The van der Waals surface area contributed by atoms with Gasteiger partial charge in [0.1, 0.15) is 12.4 Å². The highest BCUT2D eigenvalue weighted by Crippen LogP contribution is 2.21. The van der Waals surface area contributed by atoms with Gasteiger partial charge >= 0.3 is 0 Å². The van der Waals surface area contributed by atoms with Crippen LogP contribution in [0, 0.1) is 0 Å². The third kappa shape index (κ3) is 2.84. The summed E-state index contributed by atoms with van der Waals surface area (Å²) in [5.41, 5.74) is 2.03. The smallest absolute Gasteiger partial charge is 0.135 e. The molecule has 5 heteroatoms. The Morgan fingerprint density at radius 3 is 3.00 bits per heavy atom. The summed E-state index contributed by atoms with van der Waals surface area (Å²) < 4.78 is 3.13. The van der Waals surface area contributed by atoms with E-state index in [1.807, 2.05) is 30.0 Å². The van der Waals surface area contributed by atoms with Crippen LogP contribution in [0.25, 0.3) is 11.0 Å². The standard InChI is InChI=1S/C12H15BrN2OS/c1-17-6-2-5-15-11-4-3-9(13)7-10(11)14-12(15)8-16/h3-4,7,16H,2,5-6,8H2,1H3. The zero-order valence-corrected chi connectivity index (χ0v) is 12.1. The van der Waals surface area contributed by atoms with Crippen LogP contribution in [0.4, 0.5) is 0 Å². The average molecular weight is 315 g/mol. The summed E-state index contributed by atoms with van der Waals surface area (Å²) in [6.07, 6.45) is 3.20. The van der Waals surface area contributed by atoms with Crippen LogP contribution in [0.3, 0.4) is 0 Å². The number of imidazole rings is 1. The van der Waals surface area contributed by atoms with Gasteiger partial charge in [0.15, 0.2) is 0 Å². The molecular weight excluding hydrogens is 300 g/mol. The van der Waals surface area contributed by atoms with Crippen LogP contribution in [0.5, 0.6) is 0 Å². The van der Waals surface area contributed by atoms with Crippen molar-refractivity contribution >= 4 is 38.7 Å². The molecule has 1 aromatic heterocycles. The van der Waals surface area contributed by atoms with Gasteiger partial charge in [-0.2, -0.15) is 11.8 Å². The fourth-order valence-corrected chi connectivity index (χ4v) is 2.66. The highest BCUT2D eigenvalue weighted by atomic mass is 79.9. The van der Waals surface area contributed by atoms with Gasteiger partial charge in [0, 0.05) is 11.0 Å². The van der Waals surface area contributed by atoms with Gasteiger partial charge in [-0.05, 0) is 36.6 Å². The van der Waals surface area contributed by atoms with E-state index in [4.69, 9.17) is 0 Å². The molecule has 0 aliphatic rings. The van der Waals surface area contributed by atoms with E-state index in [0.29, 0.717) is 0 Å². The third-order valence-electron chi connectivity index (χ3n) is 2.66. The van der Waals surface area contributed by atoms with Crippen molar-refractivity contribution in [3.8, 4) is 0 Å². The minimum absolute atomic E-state index is 0.00837. The Hall–Kier alpha value is -0.520. The number of hydrogen-bond acceptors (Lipinski definition) is 3. The lowest BCUT2D eigenvalue weighted by atomic mass is 10.3. The number of halogens is 1. The monoisotopic (exact) mass is 314 g/mol. The molecule has 1 aromatic carbocycles. The zero-order chi connectivity index (χ0) is 12.3. The number of rotatable bonds is 5. The van der Waals surface area contributed by atoms with Crippen LogP contribution in [0.1, 0.15) is 12.2 Å². The Labute approximate surface area is 113 Å². The predicted octanol–water partition coefficient (Wildman–Crippen LogP) is 3.04. The molecule has 3 nitrogen and oxygen atoms in total. The van der Waals surface area contributed by atoms with Crippen molar-refractivity contribution in [1.29, 1.82) is 0 Å². The molecule has 17 heavy (non-hydrogen) atoms. The Bertz CT molecular complexity index is 512. The van der Waals surface area contributed by atoms with Crippen molar-refractivity contribution < 1.29 is 5.11 Å². The molecule has 2 aromatic rings. The Morgan fingerprint density at radius 2 is 2.29 bits per heavy atom. The number of aryl methyl sites for hydroxylation is 1. The first kappa shape index (κ1) is 12.9. The minimum Gasteiger partial charge on any atom is -0.388 e. The lowest BCUT2D eigenvalue weighted by molar-refractivity contribution is 0.266. The quantitative estimate of drug-likeness (QED) is 0.862. The molecule has 0 atom stereocenters. The second-order valence-electron chi connectivity index (χ2n) is 3.82. The number of nitrogens with zero attached hydrogens (tertiary/aromatic N) is 2. The van der Waals surface area contributed by atoms with E-state index < -0.39 is 0 Å². The SMILES string of the molecule is CSCCCn1c(CO)nc2cc(Br)ccc21. The fraction of sp³-hybridized carbons (Fsp3) is 0.417. The molecule has 0 fully saturated rings. The van der Waals surface area contributed by atoms with Crippen LogP contribution >= 0.6 is 27.7 Å². The average Bonchev–Trinajstić information content (AvgIpc) is 2.67. The van der Waals surface area contributed by atoms with Gasteiger partial charge in [-0.15, -0.1) is 0 Å². The summed E-state index contributed by atoms with van der Waals surface area (Å²) in [6.45, 7) is 0.903. The van der Waals surface area contributed by atoms with E-state index in [2.05, 4.69) is 31.7 Å². The predicted molar refractivity (Wildman–Crippen MR) is 76.4 cm³/mol.